The maximum Gasteiger partial charge on any atom is 0.430 e. The number of hydrogen-bond acceptors (Lipinski definition) is 5. The molecule has 1 saturated carbocycles. The average Bonchev–Trinajstić information content (AvgIpc) is 3.36. The molecule has 2 unspecified atom stereocenters. The Hall–Kier alpha value is -2.84. The van der Waals surface area contributed by atoms with Gasteiger partial charge in [-0.3, -0.25) is 9.59 Å². The van der Waals surface area contributed by atoms with Gasteiger partial charge in [0.05, 0.1) is 16.9 Å². The number of halogens is 7. The number of aliphatic hydroxyl groups is 1. The van der Waals surface area contributed by atoms with E-state index in [4.69, 9.17) is 11.6 Å². The minimum absolute atomic E-state index is 0.0472. The Labute approximate surface area is 253 Å². The molecule has 1 saturated heterocycles. The number of nitrogens with zero attached hydrogens (tertiary/aromatic N) is 1. The molecule has 7 nitrogen and oxygen atoms in total. The fraction of sp³-hybridized carbons (Fsp3) is 0.517. The molecule has 0 radical (unpaired) electrons. The van der Waals surface area contributed by atoms with Crippen molar-refractivity contribution in [1.29, 1.82) is 0 Å². The van der Waals surface area contributed by atoms with Gasteiger partial charge in [0, 0.05) is 23.0 Å². The van der Waals surface area contributed by atoms with E-state index < -0.39 is 61.9 Å². The summed E-state index contributed by atoms with van der Waals surface area (Å²) in [5.74, 6) is -2.49. The summed E-state index contributed by atoms with van der Waals surface area (Å²) in [6.07, 6.45) is -11.6. The number of hydrogen-bond donors (Lipinski definition) is 2. The molecule has 5 rings (SSSR count). The first-order chi connectivity index (χ1) is 20.4. The third-order valence-corrected chi connectivity index (χ3v) is 12.2. The fourth-order valence-corrected chi connectivity index (χ4v) is 9.84. The van der Waals surface area contributed by atoms with Gasteiger partial charge in [-0.2, -0.15) is 26.3 Å². The van der Waals surface area contributed by atoms with E-state index >= 15 is 0 Å². The number of carboxylic acid groups (broad SMARTS) is 1. The number of alkyl halides is 6. The maximum absolute atomic E-state index is 14.5. The standard InChI is InChI=1S/C29H28ClF6NO6S/c30-20-2-1-3-21(15-20)44(42,43)26-12-13-37(24(38)16-4-6-17(7-5-16)25(39)40)23(26)11-8-18-14-19(9-10-22(18)26)27(41,28(31,32)33)29(34,35)36/h1-3,9-10,14-17,23,41H,4-8,11-13H2,(H,39,40)/t16-,17-,23?,26?. The van der Waals surface area contributed by atoms with Crippen molar-refractivity contribution >= 4 is 33.3 Å². The van der Waals surface area contributed by atoms with Crippen LogP contribution in [0.5, 0.6) is 0 Å². The molecule has 2 fully saturated rings. The van der Waals surface area contributed by atoms with E-state index in [1.165, 1.54) is 29.2 Å². The fourth-order valence-electron chi connectivity index (χ4n) is 7.17. The number of sulfone groups is 1. The van der Waals surface area contributed by atoms with E-state index in [-0.39, 0.29) is 78.4 Å². The van der Waals surface area contributed by atoms with E-state index in [0.717, 1.165) is 6.07 Å². The number of aliphatic carboxylic acids is 1. The summed E-state index contributed by atoms with van der Waals surface area (Å²) in [6, 6.07) is 6.15. The summed E-state index contributed by atoms with van der Waals surface area (Å²) in [5.41, 5.74) is -6.86. The van der Waals surface area contributed by atoms with Crippen molar-refractivity contribution in [3.05, 3.63) is 64.2 Å². The van der Waals surface area contributed by atoms with Gasteiger partial charge in [0.1, 0.15) is 4.75 Å². The lowest BCUT2D eigenvalue weighted by atomic mass is 9.76. The second-order valence-electron chi connectivity index (χ2n) is 11.7. The molecular weight excluding hydrogens is 640 g/mol. The second-order valence-corrected chi connectivity index (χ2v) is 14.3. The minimum Gasteiger partial charge on any atom is -0.481 e. The van der Waals surface area contributed by atoms with Crippen molar-refractivity contribution in [2.45, 2.75) is 78.6 Å². The van der Waals surface area contributed by atoms with Gasteiger partial charge in [0.15, 0.2) is 9.84 Å². The molecule has 0 bridgehead atoms. The Morgan fingerprint density at radius 3 is 2.09 bits per heavy atom. The van der Waals surface area contributed by atoms with Crippen molar-refractivity contribution in [3.8, 4) is 0 Å². The SMILES string of the molecule is O=C(O)[C@H]1CC[C@H](C(=O)N2CCC3(S(=O)(=O)c4cccc(Cl)c4)c4ccc(C(O)(C(F)(F)F)C(F)(F)F)cc4CCC23)CC1. The normalized spacial score (nSPS) is 26.2. The van der Waals surface area contributed by atoms with E-state index in [2.05, 4.69) is 0 Å². The molecule has 44 heavy (non-hydrogen) atoms. The van der Waals surface area contributed by atoms with Gasteiger partial charge in [-0.15, -0.1) is 0 Å². The highest BCUT2D eigenvalue weighted by molar-refractivity contribution is 7.92. The van der Waals surface area contributed by atoms with Crippen LogP contribution >= 0.6 is 11.6 Å². The van der Waals surface area contributed by atoms with E-state index in [9.17, 15) is 54.6 Å². The minimum atomic E-state index is -6.13. The predicted molar refractivity (Wildman–Crippen MR) is 144 cm³/mol. The predicted octanol–water partition coefficient (Wildman–Crippen LogP) is 5.76. The molecule has 240 valence electrons. The topological polar surface area (TPSA) is 112 Å². The Morgan fingerprint density at radius 2 is 1.52 bits per heavy atom. The molecule has 0 aromatic heterocycles. The molecule has 0 spiro atoms. The van der Waals surface area contributed by atoms with Crippen LogP contribution in [0.4, 0.5) is 26.3 Å². The van der Waals surface area contributed by atoms with Crippen molar-refractivity contribution in [2.24, 2.45) is 11.8 Å². The second kappa shape index (κ2) is 10.9. The van der Waals surface area contributed by atoms with Gasteiger partial charge >= 0.3 is 18.3 Å². The molecule has 2 aromatic rings. The highest BCUT2D eigenvalue weighted by Gasteiger charge is 2.72. The highest BCUT2D eigenvalue weighted by atomic mass is 35.5. The van der Waals surface area contributed by atoms with Crippen LogP contribution in [0.25, 0.3) is 0 Å². The quantitative estimate of drug-likeness (QED) is 0.393. The Balaban J connectivity index is 1.63. The van der Waals surface area contributed by atoms with Crippen LogP contribution < -0.4 is 0 Å². The zero-order valence-electron chi connectivity index (χ0n) is 23.0. The van der Waals surface area contributed by atoms with Crippen molar-refractivity contribution in [1.82, 2.24) is 4.90 Å². The maximum atomic E-state index is 14.5. The molecular formula is C29H28ClF6NO6S. The molecule has 1 aliphatic heterocycles. The summed E-state index contributed by atoms with van der Waals surface area (Å²) < 4.78 is 109. The van der Waals surface area contributed by atoms with Crippen LogP contribution in [0.3, 0.4) is 0 Å². The largest absolute Gasteiger partial charge is 0.481 e. The number of aryl methyl sites for hydroxylation is 1. The zero-order valence-corrected chi connectivity index (χ0v) is 24.5. The summed E-state index contributed by atoms with van der Waals surface area (Å²) >= 11 is 6.09. The van der Waals surface area contributed by atoms with Crippen molar-refractivity contribution in [2.75, 3.05) is 6.54 Å². The molecule has 15 heteroatoms. The monoisotopic (exact) mass is 667 g/mol. The van der Waals surface area contributed by atoms with Crippen LogP contribution in [-0.2, 0) is 36.2 Å². The third kappa shape index (κ3) is 4.87. The smallest absolute Gasteiger partial charge is 0.430 e. The number of fused-ring (bicyclic) bond motifs is 3. The Bertz CT molecular complexity index is 1570. The Kier molecular flexibility index (Phi) is 8.07. The third-order valence-electron chi connectivity index (χ3n) is 9.42. The van der Waals surface area contributed by atoms with E-state index in [1.807, 2.05) is 0 Å². The number of carbonyl (C=O) groups excluding carboxylic acids is 1. The molecule has 2 aliphatic carbocycles. The van der Waals surface area contributed by atoms with Crippen LogP contribution in [0.1, 0.15) is 55.2 Å². The summed E-state index contributed by atoms with van der Waals surface area (Å²) in [7, 11) is -4.48. The van der Waals surface area contributed by atoms with Gasteiger partial charge in [-0.25, -0.2) is 8.42 Å². The molecule has 1 heterocycles. The average molecular weight is 668 g/mol. The Morgan fingerprint density at radius 1 is 0.909 bits per heavy atom. The zero-order chi connectivity index (χ0) is 32.5. The van der Waals surface area contributed by atoms with Gasteiger partial charge < -0.3 is 15.1 Å². The lowest BCUT2D eigenvalue weighted by molar-refractivity contribution is -0.376. The van der Waals surface area contributed by atoms with Crippen LogP contribution in [0.2, 0.25) is 5.02 Å². The molecule has 1 amide bonds. The summed E-state index contributed by atoms with van der Waals surface area (Å²) in [6.45, 7) is -0.0572. The molecule has 2 aromatic carbocycles. The van der Waals surface area contributed by atoms with Gasteiger partial charge in [0.2, 0.25) is 5.91 Å². The number of likely N-dealkylation sites (tertiary alicyclic amines) is 1. The first-order valence-electron chi connectivity index (χ1n) is 13.9. The van der Waals surface area contributed by atoms with Crippen LogP contribution in [0, 0.1) is 11.8 Å². The number of carboxylic acids is 1. The molecule has 3 aliphatic rings. The van der Waals surface area contributed by atoms with Crippen LogP contribution in [-0.4, -0.2) is 60.3 Å². The van der Waals surface area contributed by atoms with Crippen molar-refractivity contribution in [3.63, 3.8) is 0 Å². The van der Waals surface area contributed by atoms with E-state index in [1.54, 1.807) is 0 Å². The number of rotatable bonds is 5. The lowest BCUT2D eigenvalue weighted by Crippen LogP contribution is -2.55. The van der Waals surface area contributed by atoms with Crippen LogP contribution in [0.15, 0.2) is 47.4 Å². The molecule has 2 N–H and O–H groups in total. The molecule has 2 atom stereocenters. The number of benzene rings is 2. The van der Waals surface area contributed by atoms with E-state index in [0.29, 0.717) is 12.1 Å². The lowest BCUT2D eigenvalue weighted by Gasteiger charge is -2.44. The first-order valence-corrected chi connectivity index (χ1v) is 15.8. The number of carbonyl (C=O) groups is 2. The number of amides is 1. The summed E-state index contributed by atoms with van der Waals surface area (Å²) in [5, 5.41) is 19.4. The van der Waals surface area contributed by atoms with Crippen molar-refractivity contribution < 1.29 is 54.6 Å². The first kappa shape index (κ1) is 32.6. The summed E-state index contributed by atoms with van der Waals surface area (Å²) in [4.78, 5) is 26.4. The van der Waals surface area contributed by atoms with Gasteiger partial charge in [-0.05, 0) is 74.3 Å². The van der Waals surface area contributed by atoms with Gasteiger partial charge in [-0.1, -0.05) is 35.9 Å². The van der Waals surface area contributed by atoms with Gasteiger partial charge in [0.25, 0.3) is 5.60 Å². The highest BCUT2D eigenvalue weighted by Crippen LogP contribution is 2.56.